The summed E-state index contributed by atoms with van der Waals surface area (Å²) < 4.78 is 10.5. The van der Waals surface area contributed by atoms with Gasteiger partial charge in [-0.25, -0.2) is 0 Å². The van der Waals surface area contributed by atoms with Crippen molar-refractivity contribution in [3.63, 3.8) is 0 Å². The third-order valence-corrected chi connectivity index (χ3v) is 8.42. The Hall–Kier alpha value is 0.354. The molecule has 0 unspecified atom stereocenters. The SMILES string of the molecule is CC[Si](C)(C)OC.CC[Si](C)(C)OC.[CH3-].[CH3-]. The minimum atomic E-state index is -1.15. The Bertz CT molecular complexity index is 109. The Morgan fingerprint density at radius 1 is 0.688 bits per heavy atom. The lowest BCUT2D eigenvalue weighted by atomic mass is 11.0. The van der Waals surface area contributed by atoms with Crippen LogP contribution in [0.5, 0.6) is 0 Å². The van der Waals surface area contributed by atoms with Crippen molar-refractivity contribution >= 4 is 16.6 Å². The largest absolute Gasteiger partial charge is 0.420 e. The molecule has 104 valence electrons. The van der Waals surface area contributed by atoms with Crippen molar-refractivity contribution in [2.45, 2.75) is 52.1 Å². The minimum Gasteiger partial charge on any atom is -0.420 e. The summed E-state index contributed by atoms with van der Waals surface area (Å²) in [7, 11) is 1.30. The second-order valence-corrected chi connectivity index (χ2v) is 13.9. The van der Waals surface area contributed by atoms with E-state index in [1.807, 2.05) is 0 Å². The van der Waals surface area contributed by atoms with Crippen molar-refractivity contribution in [3.8, 4) is 0 Å². The molecule has 16 heavy (non-hydrogen) atoms. The van der Waals surface area contributed by atoms with Crippen LogP contribution in [0, 0.1) is 14.9 Å². The van der Waals surface area contributed by atoms with Crippen molar-refractivity contribution < 1.29 is 8.85 Å². The summed E-state index contributed by atoms with van der Waals surface area (Å²) in [5.74, 6) is 0. The molecule has 0 aromatic rings. The van der Waals surface area contributed by atoms with Gasteiger partial charge >= 0.3 is 0 Å². The van der Waals surface area contributed by atoms with Crippen LogP contribution in [-0.4, -0.2) is 30.9 Å². The van der Waals surface area contributed by atoms with E-state index >= 15 is 0 Å². The highest BCUT2D eigenvalue weighted by Crippen LogP contribution is 2.07. The third-order valence-electron chi connectivity index (χ3n) is 2.81. The van der Waals surface area contributed by atoms with Gasteiger partial charge in [-0.1, -0.05) is 13.8 Å². The minimum absolute atomic E-state index is 0. The molecule has 0 atom stereocenters. The maximum absolute atomic E-state index is 5.23. The van der Waals surface area contributed by atoms with Crippen LogP contribution < -0.4 is 0 Å². The second kappa shape index (κ2) is 11.8. The average Bonchev–Trinajstić information content (AvgIpc) is 2.19. The molecule has 0 heterocycles. The molecule has 0 aromatic carbocycles. The molecule has 4 heteroatoms. The normalized spacial score (nSPS) is 10.5. The van der Waals surface area contributed by atoms with E-state index in [1.165, 1.54) is 12.1 Å². The molecule has 0 N–H and O–H groups in total. The highest BCUT2D eigenvalue weighted by molar-refractivity contribution is 6.71. The van der Waals surface area contributed by atoms with Gasteiger partial charge in [0.15, 0.2) is 16.6 Å². The standard InChI is InChI=1S/2C5H14OSi.2CH3/c2*1-5-7(3,4)6-2;;/h2*5H2,1-4H3;2*1H3/q;;2*-1. The van der Waals surface area contributed by atoms with Crippen LogP contribution in [0.25, 0.3) is 0 Å². The zero-order valence-corrected chi connectivity index (χ0v) is 15.2. The van der Waals surface area contributed by atoms with Crippen LogP contribution in [-0.2, 0) is 8.85 Å². The summed E-state index contributed by atoms with van der Waals surface area (Å²) in [5.41, 5.74) is 0. The van der Waals surface area contributed by atoms with Crippen molar-refractivity contribution in [2.24, 2.45) is 0 Å². The summed E-state index contributed by atoms with van der Waals surface area (Å²) in [6.07, 6.45) is 0. The quantitative estimate of drug-likeness (QED) is 0.546. The summed E-state index contributed by atoms with van der Waals surface area (Å²) in [6, 6.07) is 2.42. The molecule has 0 saturated carbocycles. The van der Waals surface area contributed by atoms with Crippen molar-refractivity contribution in [1.29, 1.82) is 0 Å². The Balaban J connectivity index is -0.0000000800. The lowest BCUT2D eigenvalue weighted by Crippen LogP contribution is -2.26. The first kappa shape index (κ1) is 25.3. The van der Waals surface area contributed by atoms with Crippen molar-refractivity contribution in [3.05, 3.63) is 14.9 Å². The van der Waals surface area contributed by atoms with E-state index in [9.17, 15) is 0 Å². The molecular weight excluding hydrogens is 232 g/mol. The number of rotatable bonds is 4. The highest BCUT2D eigenvalue weighted by Gasteiger charge is 2.16. The van der Waals surface area contributed by atoms with Crippen LogP contribution in [0.3, 0.4) is 0 Å². The van der Waals surface area contributed by atoms with Crippen LogP contribution in [0.4, 0.5) is 0 Å². The van der Waals surface area contributed by atoms with Gasteiger partial charge in [-0.3, -0.25) is 0 Å². The smallest absolute Gasteiger partial charge is 0.185 e. The number of hydrogen-bond acceptors (Lipinski definition) is 2. The molecule has 2 nitrogen and oxygen atoms in total. The van der Waals surface area contributed by atoms with Crippen LogP contribution >= 0.6 is 0 Å². The van der Waals surface area contributed by atoms with Crippen LogP contribution in [0.15, 0.2) is 0 Å². The maximum Gasteiger partial charge on any atom is 0.185 e. The topological polar surface area (TPSA) is 18.5 Å². The maximum atomic E-state index is 5.23. The summed E-state index contributed by atoms with van der Waals surface area (Å²) in [4.78, 5) is 0. The molecule has 0 spiro atoms. The van der Waals surface area contributed by atoms with Gasteiger partial charge in [0.05, 0.1) is 0 Å². The van der Waals surface area contributed by atoms with Crippen LogP contribution in [0.2, 0.25) is 38.3 Å². The van der Waals surface area contributed by atoms with Crippen molar-refractivity contribution in [2.75, 3.05) is 14.2 Å². The first-order valence-electron chi connectivity index (χ1n) is 5.35. The predicted molar refractivity (Wildman–Crippen MR) is 82.8 cm³/mol. The zero-order valence-electron chi connectivity index (χ0n) is 13.2. The fourth-order valence-electron chi connectivity index (χ4n) is 0.289. The molecule has 0 aromatic heterocycles. The molecule has 0 saturated heterocycles. The Morgan fingerprint density at radius 3 is 0.875 bits per heavy atom. The van der Waals surface area contributed by atoms with Gasteiger partial charge < -0.3 is 23.7 Å². The first-order valence-corrected chi connectivity index (χ1v) is 11.6. The van der Waals surface area contributed by atoms with Gasteiger partial charge in [-0.15, -0.1) is 0 Å². The van der Waals surface area contributed by atoms with E-state index < -0.39 is 16.6 Å². The lowest BCUT2D eigenvalue weighted by molar-refractivity contribution is 0.405. The molecule has 0 fully saturated rings. The second-order valence-electron chi connectivity index (χ2n) is 4.63. The first-order chi connectivity index (χ1) is 6.24. The van der Waals surface area contributed by atoms with Gasteiger partial charge in [-0.05, 0) is 38.3 Å². The lowest BCUT2D eigenvalue weighted by Gasteiger charge is -2.15. The van der Waals surface area contributed by atoms with E-state index in [0.717, 1.165) is 0 Å². The van der Waals surface area contributed by atoms with Gasteiger partial charge in [-0.2, -0.15) is 0 Å². The molecule has 0 aliphatic heterocycles. The van der Waals surface area contributed by atoms with Gasteiger partial charge in [0, 0.05) is 14.2 Å². The molecule has 0 radical (unpaired) electrons. The number of hydrogen-bond donors (Lipinski definition) is 0. The summed E-state index contributed by atoms with van der Waals surface area (Å²) in [5, 5.41) is 0. The van der Waals surface area contributed by atoms with Crippen LogP contribution in [0.1, 0.15) is 13.8 Å². The Kier molecular flexibility index (Phi) is 18.7. The Morgan fingerprint density at radius 2 is 0.875 bits per heavy atom. The monoisotopic (exact) mass is 266 g/mol. The highest BCUT2D eigenvalue weighted by atomic mass is 28.4. The molecular formula is C12H34O2Si2-2. The predicted octanol–water partition coefficient (Wildman–Crippen LogP) is 4.62. The molecule has 0 aliphatic carbocycles. The van der Waals surface area contributed by atoms with E-state index in [-0.39, 0.29) is 14.9 Å². The average molecular weight is 267 g/mol. The summed E-state index contributed by atoms with van der Waals surface area (Å²) in [6.45, 7) is 13.2. The van der Waals surface area contributed by atoms with Gasteiger partial charge in [0.1, 0.15) is 0 Å². The van der Waals surface area contributed by atoms with Crippen molar-refractivity contribution in [1.82, 2.24) is 0 Å². The molecule has 0 amide bonds. The van der Waals surface area contributed by atoms with E-state index in [1.54, 1.807) is 14.2 Å². The summed E-state index contributed by atoms with van der Waals surface area (Å²) >= 11 is 0. The fourth-order valence-corrected chi connectivity index (χ4v) is 0.866. The Labute approximate surface area is 107 Å². The molecule has 0 bridgehead atoms. The van der Waals surface area contributed by atoms with E-state index in [2.05, 4.69) is 40.0 Å². The molecule has 0 aliphatic rings. The fraction of sp³-hybridized carbons (Fsp3) is 0.833. The zero-order chi connectivity index (χ0) is 11.8. The van der Waals surface area contributed by atoms with Gasteiger partial charge in [0.2, 0.25) is 0 Å². The van der Waals surface area contributed by atoms with E-state index in [4.69, 9.17) is 8.85 Å². The third kappa shape index (κ3) is 16.8. The van der Waals surface area contributed by atoms with E-state index in [0.29, 0.717) is 0 Å². The van der Waals surface area contributed by atoms with Gasteiger partial charge in [0.25, 0.3) is 0 Å². The molecule has 0 rings (SSSR count).